The third kappa shape index (κ3) is 2.95. The molecule has 0 amide bonds. The van der Waals surface area contributed by atoms with E-state index in [1.54, 1.807) is 37.3 Å². The summed E-state index contributed by atoms with van der Waals surface area (Å²) in [5.41, 5.74) is 0.378. The van der Waals surface area contributed by atoms with Gasteiger partial charge in [0.2, 0.25) is 0 Å². The predicted molar refractivity (Wildman–Crippen MR) is 95.7 cm³/mol. The number of benzene rings is 2. The zero-order valence-electron chi connectivity index (χ0n) is 15.3. The lowest BCUT2D eigenvalue weighted by atomic mass is 9.81. The van der Waals surface area contributed by atoms with Crippen LogP contribution in [0.5, 0.6) is 23.0 Å². The molecule has 1 aliphatic rings. The number of hydrogen-bond acceptors (Lipinski definition) is 6. The molecule has 0 spiro atoms. The number of aliphatic hydroxyl groups is 1. The van der Waals surface area contributed by atoms with E-state index in [2.05, 4.69) is 0 Å². The Kier molecular flexibility index (Phi) is 4.73. The fourth-order valence-corrected chi connectivity index (χ4v) is 3.46. The summed E-state index contributed by atoms with van der Waals surface area (Å²) in [6.07, 6.45) is -0.985. The molecule has 26 heavy (non-hydrogen) atoms. The molecule has 3 rings (SSSR count). The van der Waals surface area contributed by atoms with E-state index in [4.69, 9.17) is 14.2 Å². The molecular weight excluding hydrogens is 336 g/mol. The largest absolute Gasteiger partial charge is 0.504 e. The number of aromatic hydroxyl groups is 2. The molecule has 1 aliphatic heterocycles. The van der Waals surface area contributed by atoms with Gasteiger partial charge in [0.05, 0.1) is 25.9 Å². The van der Waals surface area contributed by atoms with Gasteiger partial charge >= 0.3 is 0 Å². The normalized spacial score (nSPS) is 28.1. The molecule has 4 atom stereocenters. The smallest absolute Gasteiger partial charge is 0.160 e. The van der Waals surface area contributed by atoms with E-state index in [0.29, 0.717) is 17.1 Å². The maximum atomic E-state index is 11.1. The van der Waals surface area contributed by atoms with Crippen molar-refractivity contribution < 1.29 is 29.5 Å². The lowest BCUT2D eigenvalue weighted by molar-refractivity contribution is -0.0445. The van der Waals surface area contributed by atoms with Crippen LogP contribution in [0.4, 0.5) is 0 Å². The quantitative estimate of drug-likeness (QED) is 0.775. The maximum Gasteiger partial charge on any atom is 0.160 e. The van der Waals surface area contributed by atoms with Gasteiger partial charge in [0.1, 0.15) is 6.10 Å². The molecule has 6 nitrogen and oxygen atoms in total. The highest BCUT2D eigenvalue weighted by molar-refractivity contribution is 5.45. The van der Waals surface area contributed by atoms with Gasteiger partial charge in [-0.25, -0.2) is 0 Å². The molecule has 2 aromatic rings. The van der Waals surface area contributed by atoms with Gasteiger partial charge < -0.3 is 29.5 Å². The molecule has 1 fully saturated rings. The van der Waals surface area contributed by atoms with Crippen molar-refractivity contribution >= 4 is 0 Å². The fraction of sp³-hybridized carbons (Fsp3) is 0.400. The topological polar surface area (TPSA) is 88.4 Å². The van der Waals surface area contributed by atoms with E-state index in [9.17, 15) is 15.3 Å². The first-order valence-electron chi connectivity index (χ1n) is 8.41. The van der Waals surface area contributed by atoms with Crippen LogP contribution in [0.15, 0.2) is 36.4 Å². The lowest BCUT2D eigenvalue weighted by Gasteiger charge is -2.28. The van der Waals surface area contributed by atoms with Crippen LogP contribution in [-0.4, -0.2) is 35.1 Å². The fourth-order valence-electron chi connectivity index (χ4n) is 3.46. The van der Waals surface area contributed by atoms with Crippen molar-refractivity contribution in [2.45, 2.75) is 31.7 Å². The van der Waals surface area contributed by atoms with Crippen molar-refractivity contribution in [3.63, 3.8) is 0 Å². The first kappa shape index (κ1) is 18.4. The van der Waals surface area contributed by atoms with Crippen LogP contribution in [-0.2, 0) is 4.74 Å². The lowest BCUT2D eigenvalue weighted by Crippen LogP contribution is -2.34. The zero-order valence-corrected chi connectivity index (χ0v) is 15.3. The predicted octanol–water partition coefficient (Wildman–Crippen LogP) is 3.31. The average Bonchev–Trinajstić information content (AvgIpc) is 2.86. The summed E-state index contributed by atoms with van der Waals surface area (Å²) in [5.74, 6) is 0.536. The van der Waals surface area contributed by atoms with Crippen LogP contribution in [0.3, 0.4) is 0 Å². The first-order chi connectivity index (χ1) is 12.3. The minimum atomic E-state index is -1.14. The van der Waals surface area contributed by atoms with Gasteiger partial charge in [0, 0.05) is 5.92 Å². The van der Waals surface area contributed by atoms with E-state index in [-0.39, 0.29) is 23.5 Å². The molecule has 1 heterocycles. The summed E-state index contributed by atoms with van der Waals surface area (Å²) in [4.78, 5) is 0. The van der Waals surface area contributed by atoms with Gasteiger partial charge in [0.15, 0.2) is 23.0 Å². The molecule has 0 aromatic heterocycles. The van der Waals surface area contributed by atoms with Crippen molar-refractivity contribution in [2.75, 3.05) is 14.2 Å². The molecule has 0 bridgehead atoms. The van der Waals surface area contributed by atoms with Crippen LogP contribution in [0.25, 0.3) is 0 Å². The van der Waals surface area contributed by atoms with Crippen LogP contribution < -0.4 is 9.47 Å². The number of rotatable bonds is 4. The Labute approximate surface area is 152 Å². The Morgan fingerprint density at radius 3 is 1.96 bits per heavy atom. The standard InChI is InChI=1S/C20H24O6/c1-11-18(12-5-7-14(21)16(9-12)24-3)26-19(20(11,2)23)13-6-8-15(22)17(10-13)25-4/h5-11,18-19,21-23H,1-4H3/t11-,18+,19+,20-/m0/s1. The number of hydrogen-bond donors (Lipinski definition) is 3. The second kappa shape index (κ2) is 6.70. The Morgan fingerprint density at radius 2 is 1.42 bits per heavy atom. The molecule has 1 saturated heterocycles. The SMILES string of the molecule is COc1cc([C@H]2O[C@@H](c3ccc(O)c(OC)c3)[C@H](C)[C@]2(C)O)ccc1O. The maximum absolute atomic E-state index is 11.1. The Bertz CT molecular complexity index is 801. The molecular formula is C20H24O6. The molecule has 140 valence electrons. The minimum Gasteiger partial charge on any atom is -0.504 e. The molecule has 2 aromatic carbocycles. The van der Waals surface area contributed by atoms with Gasteiger partial charge in [-0.05, 0) is 42.3 Å². The third-order valence-electron chi connectivity index (χ3n) is 5.23. The van der Waals surface area contributed by atoms with Crippen LogP contribution >= 0.6 is 0 Å². The zero-order chi connectivity index (χ0) is 19.1. The highest BCUT2D eigenvalue weighted by Gasteiger charge is 2.51. The first-order valence-corrected chi connectivity index (χ1v) is 8.41. The van der Waals surface area contributed by atoms with Crippen LogP contribution in [0.2, 0.25) is 0 Å². The monoisotopic (exact) mass is 360 g/mol. The van der Waals surface area contributed by atoms with Crippen molar-refractivity contribution in [3.05, 3.63) is 47.5 Å². The third-order valence-corrected chi connectivity index (χ3v) is 5.23. The summed E-state index contributed by atoms with van der Waals surface area (Å²) in [7, 11) is 2.96. The van der Waals surface area contributed by atoms with Crippen molar-refractivity contribution in [3.8, 4) is 23.0 Å². The second-order valence-corrected chi connectivity index (χ2v) is 6.81. The number of phenolic OH excluding ortho intramolecular Hbond substituents is 2. The molecule has 0 radical (unpaired) electrons. The van der Waals surface area contributed by atoms with Crippen LogP contribution in [0.1, 0.15) is 37.2 Å². The van der Waals surface area contributed by atoms with Gasteiger partial charge in [-0.3, -0.25) is 0 Å². The Balaban J connectivity index is 1.98. The summed E-state index contributed by atoms with van der Waals surface area (Å²) in [5, 5.41) is 30.7. The Hall–Kier alpha value is -2.44. The van der Waals surface area contributed by atoms with Gasteiger partial charge in [-0.2, -0.15) is 0 Å². The van der Waals surface area contributed by atoms with E-state index in [0.717, 1.165) is 5.56 Å². The van der Waals surface area contributed by atoms with Crippen molar-refractivity contribution in [2.24, 2.45) is 5.92 Å². The number of ether oxygens (including phenoxy) is 3. The molecule has 6 heteroatoms. The Morgan fingerprint density at radius 1 is 0.923 bits per heavy atom. The van der Waals surface area contributed by atoms with Crippen molar-refractivity contribution in [1.82, 2.24) is 0 Å². The second-order valence-electron chi connectivity index (χ2n) is 6.81. The van der Waals surface area contributed by atoms with Crippen molar-refractivity contribution in [1.29, 1.82) is 0 Å². The molecule has 0 saturated carbocycles. The summed E-state index contributed by atoms with van der Waals surface area (Å²) < 4.78 is 16.6. The highest BCUT2D eigenvalue weighted by Crippen LogP contribution is 2.52. The number of methoxy groups -OCH3 is 2. The van der Waals surface area contributed by atoms with E-state index >= 15 is 0 Å². The van der Waals surface area contributed by atoms with E-state index in [1.807, 2.05) is 6.92 Å². The van der Waals surface area contributed by atoms with Gasteiger partial charge in [0.25, 0.3) is 0 Å². The average molecular weight is 360 g/mol. The summed E-state index contributed by atoms with van der Waals surface area (Å²) in [6, 6.07) is 9.93. The van der Waals surface area contributed by atoms with E-state index in [1.165, 1.54) is 20.3 Å². The van der Waals surface area contributed by atoms with E-state index < -0.39 is 11.7 Å². The molecule has 0 aliphatic carbocycles. The van der Waals surface area contributed by atoms with Crippen LogP contribution in [0, 0.1) is 5.92 Å². The summed E-state index contributed by atoms with van der Waals surface area (Å²) in [6.45, 7) is 3.65. The number of phenols is 2. The van der Waals surface area contributed by atoms with Gasteiger partial charge in [-0.15, -0.1) is 0 Å². The molecule has 3 N–H and O–H groups in total. The summed E-state index contributed by atoms with van der Waals surface area (Å²) >= 11 is 0. The minimum absolute atomic E-state index is 0.0294. The van der Waals surface area contributed by atoms with Gasteiger partial charge in [-0.1, -0.05) is 19.1 Å². The highest BCUT2D eigenvalue weighted by atomic mass is 16.5. The molecule has 0 unspecified atom stereocenters.